The van der Waals surface area contributed by atoms with Crippen molar-refractivity contribution in [2.24, 2.45) is 0 Å². The summed E-state index contributed by atoms with van der Waals surface area (Å²) in [5, 5.41) is 9.65. The summed E-state index contributed by atoms with van der Waals surface area (Å²) < 4.78 is 0.978. The van der Waals surface area contributed by atoms with E-state index >= 15 is 0 Å². The first-order valence-electron chi connectivity index (χ1n) is 6.88. The van der Waals surface area contributed by atoms with Crippen LogP contribution in [0.1, 0.15) is 31.4 Å². The van der Waals surface area contributed by atoms with Crippen molar-refractivity contribution in [3.05, 3.63) is 28.2 Å². The maximum Gasteiger partial charge on any atom is 0.0772 e. The van der Waals surface area contributed by atoms with E-state index in [0.717, 1.165) is 16.6 Å². The first-order chi connectivity index (χ1) is 8.99. The van der Waals surface area contributed by atoms with Crippen LogP contribution in [0.3, 0.4) is 0 Å². The van der Waals surface area contributed by atoms with Gasteiger partial charge in [0.25, 0.3) is 0 Å². The van der Waals surface area contributed by atoms with E-state index in [2.05, 4.69) is 52.0 Å². The molecule has 1 N–H and O–H groups in total. The van der Waals surface area contributed by atoms with Crippen LogP contribution in [0.4, 0.5) is 5.69 Å². The number of benzene rings is 1. The average Bonchev–Trinajstić information content (AvgIpc) is 2.74. The van der Waals surface area contributed by atoms with Crippen LogP contribution in [-0.2, 0) is 0 Å². The zero-order valence-electron chi connectivity index (χ0n) is 11.9. The molecule has 1 heterocycles. The Morgan fingerprint density at radius 1 is 1.53 bits per heavy atom. The summed E-state index contributed by atoms with van der Waals surface area (Å²) in [5.74, 6) is 0. The van der Waals surface area contributed by atoms with E-state index in [0.29, 0.717) is 6.04 Å². The highest BCUT2D eigenvalue weighted by atomic mass is 79.9. The van der Waals surface area contributed by atoms with E-state index in [4.69, 9.17) is 0 Å². The van der Waals surface area contributed by atoms with Gasteiger partial charge in [-0.3, -0.25) is 0 Å². The molecular weight excluding hydrogens is 304 g/mol. The minimum Gasteiger partial charge on any atom is -0.389 e. The molecule has 4 heteroatoms. The van der Waals surface area contributed by atoms with Gasteiger partial charge in [-0.25, -0.2) is 0 Å². The van der Waals surface area contributed by atoms with Gasteiger partial charge in [-0.05, 0) is 51.1 Å². The Bertz CT molecular complexity index is 436. The fourth-order valence-electron chi connectivity index (χ4n) is 2.72. The molecule has 0 aliphatic carbocycles. The molecule has 1 aromatic carbocycles. The Morgan fingerprint density at radius 2 is 2.26 bits per heavy atom. The van der Waals surface area contributed by atoms with Crippen molar-refractivity contribution in [2.75, 3.05) is 32.1 Å². The Labute approximate surface area is 124 Å². The van der Waals surface area contributed by atoms with Gasteiger partial charge in [-0.15, -0.1) is 0 Å². The lowest BCUT2D eigenvalue weighted by molar-refractivity contribution is 0.198. The van der Waals surface area contributed by atoms with Crippen molar-refractivity contribution in [2.45, 2.75) is 31.9 Å². The summed E-state index contributed by atoms with van der Waals surface area (Å²) in [5.41, 5.74) is 2.13. The highest BCUT2D eigenvalue weighted by molar-refractivity contribution is 9.10. The monoisotopic (exact) mass is 326 g/mol. The molecule has 0 aromatic heterocycles. The predicted molar refractivity (Wildman–Crippen MR) is 83.7 cm³/mol. The molecule has 1 aliphatic heterocycles. The van der Waals surface area contributed by atoms with Crippen molar-refractivity contribution < 1.29 is 5.11 Å². The lowest BCUT2D eigenvalue weighted by atomic mass is 10.1. The number of anilines is 1. The van der Waals surface area contributed by atoms with Crippen molar-refractivity contribution in [3.63, 3.8) is 0 Å². The molecule has 1 aromatic rings. The van der Waals surface area contributed by atoms with Crippen LogP contribution in [0.25, 0.3) is 0 Å². The third-order valence-corrected chi connectivity index (χ3v) is 4.72. The zero-order valence-corrected chi connectivity index (χ0v) is 13.5. The van der Waals surface area contributed by atoms with Gasteiger partial charge in [0.15, 0.2) is 0 Å². The Hall–Kier alpha value is -0.580. The number of rotatable bonds is 4. The average molecular weight is 327 g/mol. The van der Waals surface area contributed by atoms with Crippen LogP contribution < -0.4 is 4.90 Å². The molecular formula is C15H23BrN2O. The van der Waals surface area contributed by atoms with Gasteiger partial charge >= 0.3 is 0 Å². The van der Waals surface area contributed by atoms with Crippen molar-refractivity contribution in [1.82, 2.24) is 4.90 Å². The minimum absolute atomic E-state index is 0.435. The molecule has 19 heavy (non-hydrogen) atoms. The number of aliphatic hydroxyl groups is 1. The van der Waals surface area contributed by atoms with Crippen molar-refractivity contribution in [1.29, 1.82) is 0 Å². The minimum atomic E-state index is -0.435. The highest BCUT2D eigenvalue weighted by Gasteiger charge is 2.22. The molecule has 0 bridgehead atoms. The van der Waals surface area contributed by atoms with E-state index < -0.39 is 6.10 Å². The van der Waals surface area contributed by atoms with Gasteiger partial charge in [0, 0.05) is 29.8 Å². The lowest BCUT2D eigenvalue weighted by Gasteiger charge is -2.27. The molecule has 1 fully saturated rings. The summed E-state index contributed by atoms with van der Waals surface area (Å²) in [6.45, 7) is 4.05. The normalized spacial score (nSPS) is 21.6. The second kappa shape index (κ2) is 6.25. The topological polar surface area (TPSA) is 26.7 Å². The van der Waals surface area contributed by atoms with Crippen molar-refractivity contribution >= 4 is 21.6 Å². The fourth-order valence-corrected chi connectivity index (χ4v) is 3.42. The van der Waals surface area contributed by atoms with Crippen LogP contribution in [0.2, 0.25) is 0 Å². The summed E-state index contributed by atoms with van der Waals surface area (Å²) in [4.78, 5) is 4.73. The van der Waals surface area contributed by atoms with Gasteiger partial charge in [0.1, 0.15) is 0 Å². The Kier molecular flexibility index (Phi) is 4.87. The maximum absolute atomic E-state index is 9.65. The predicted octanol–water partition coefficient (Wildman–Crippen LogP) is 3.03. The Morgan fingerprint density at radius 3 is 2.79 bits per heavy atom. The molecule has 0 spiro atoms. The number of hydrogen-bond acceptors (Lipinski definition) is 3. The van der Waals surface area contributed by atoms with Crippen LogP contribution in [0, 0.1) is 0 Å². The number of halogens is 1. The summed E-state index contributed by atoms with van der Waals surface area (Å²) in [7, 11) is 4.34. The number of likely N-dealkylation sites (tertiary alicyclic amines) is 1. The van der Waals surface area contributed by atoms with E-state index in [1.165, 1.54) is 25.1 Å². The molecule has 2 rings (SSSR count). The third kappa shape index (κ3) is 3.50. The fraction of sp³-hybridized carbons (Fsp3) is 0.600. The molecule has 0 saturated carbocycles. The van der Waals surface area contributed by atoms with Gasteiger partial charge in [0.2, 0.25) is 0 Å². The quantitative estimate of drug-likeness (QED) is 0.921. The first-order valence-corrected chi connectivity index (χ1v) is 7.67. The van der Waals surface area contributed by atoms with Crippen LogP contribution >= 0.6 is 15.9 Å². The molecule has 2 atom stereocenters. The largest absolute Gasteiger partial charge is 0.389 e. The smallest absolute Gasteiger partial charge is 0.0772 e. The van der Waals surface area contributed by atoms with Gasteiger partial charge in [-0.2, -0.15) is 0 Å². The molecule has 2 unspecified atom stereocenters. The summed E-state index contributed by atoms with van der Waals surface area (Å²) in [6.07, 6.45) is 2.16. The standard InChI is InChI=1S/C15H23BrN2O/c1-11(19)14-7-6-12(9-15(14)16)18(3)10-13-5-4-8-17(13)2/h6-7,9,11,13,19H,4-5,8,10H2,1-3H3. The lowest BCUT2D eigenvalue weighted by Crippen LogP contribution is -2.36. The van der Waals surface area contributed by atoms with Gasteiger partial charge in [0.05, 0.1) is 6.10 Å². The van der Waals surface area contributed by atoms with E-state index in [9.17, 15) is 5.11 Å². The van der Waals surface area contributed by atoms with Crippen LogP contribution in [-0.4, -0.2) is 43.2 Å². The molecule has 106 valence electrons. The van der Waals surface area contributed by atoms with E-state index in [1.807, 2.05) is 6.07 Å². The van der Waals surface area contributed by atoms with E-state index in [1.54, 1.807) is 6.92 Å². The van der Waals surface area contributed by atoms with E-state index in [-0.39, 0.29) is 0 Å². The highest BCUT2D eigenvalue weighted by Crippen LogP contribution is 2.28. The SMILES string of the molecule is CC(O)c1ccc(N(C)CC2CCCN2C)cc1Br. The molecule has 0 amide bonds. The molecule has 3 nitrogen and oxygen atoms in total. The number of nitrogens with zero attached hydrogens (tertiary/aromatic N) is 2. The molecule has 0 radical (unpaired) electrons. The molecule has 1 saturated heterocycles. The van der Waals surface area contributed by atoms with Gasteiger partial charge < -0.3 is 14.9 Å². The maximum atomic E-state index is 9.65. The summed E-state index contributed by atoms with van der Waals surface area (Å²) in [6, 6.07) is 6.83. The second-order valence-corrected chi connectivity index (χ2v) is 6.39. The Balaban J connectivity index is 2.07. The number of hydrogen-bond donors (Lipinski definition) is 1. The van der Waals surface area contributed by atoms with Crippen LogP contribution in [0.15, 0.2) is 22.7 Å². The second-order valence-electron chi connectivity index (χ2n) is 5.54. The van der Waals surface area contributed by atoms with Gasteiger partial charge in [-0.1, -0.05) is 22.0 Å². The zero-order chi connectivity index (χ0) is 14.0. The first kappa shape index (κ1) is 14.8. The number of likely N-dealkylation sites (N-methyl/N-ethyl adjacent to an activating group) is 2. The third-order valence-electron chi connectivity index (χ3n) is 4.03. The molecule has 1 aliphatic rings. The summed E-state index contributed by atoms with van der Waals surface area (Å²) >= 11 is 3.54. The van der Waals surface area contributed by atoms with Crippen LogP contribution in [0.5, 0.6) is 0 Å². The van der Waals surface area contributed by atoms with Crippen molar-refractivity contribution in [3.8, 4) is 0 Å². The number of aliphatic hydroxyl groups excluding tert-OH is 1.